The number of fused-ring (bicyclic) bond motifs is 1. The maximum Gasteiger partial charge on any atom is 0.161 e. The Morgan fingerprint density at radius 1 is 1.00 bits per heavy atom. The van der Waals surface area contributed by atoms with Crippen LogP contribution in [0, 0.1) is 17.5 Å². The lowest BCUT2D eigenvalue weighted by atomic mass is 10.1. The van der Waals surface area contributed by atoms with Crippen molar-refractivity contribution in [3.05, 3.63) is 59.4 Å². The van der Waals surface area contributed by atoms with Crippen molar-refractivity contribution in [2.24, 2.45) is 0 Å². The van der Waals surface area contributed by atoms with Crippen molar-refractivity contribution >= 4 is 11.4 Å². The smallest absolute Gasteiger partial charge is 0.161 e. The molecule has 0 bridgehead atoms. The minimum absolute atomic E-state index is 0.296. The fourth-order valence-corrected chi connectivity index (χ4v) is 2.38. The largest absolute Gasteiger partial charge is 0.382 e. The molecule has 104 valence electrons. The van der Waals surface area contributed by atoms with Crippen LogP contribution in [0.25, 0.3) is 0 Å². The first-order chi connectivity index (χ1) is 9.65. The van der Waals surface area contributed by atoms with Gasteiger partial charge in [0.25, 0.3) is 0 Å². The number of hydrogen-bond donors (Lipinski definition) is 1. The predicted molar refractivity (Wildman–Crippen MR) is 72.3 cm³/mol. The summed E-state index contributed by atoms with van der Waals surface area (Å²) in [6, 6.07) is 8.75. The molecule has 0 radical (unpaired) electrons. The molecule has 0 atom stereocenters. The summed E-state index contributed by atoms with van der Waals surface area (Å²) in [5.41, 5.74) is 1.62. The molecule has 2 nitrogen and oxygen atoms in total. The van der Waals surface area contributed by atoms with Crippen molar-refractivity contribution in [3.63, 3.8) is 0 Å². The van der Waals surface area contributed by atoms with Gasteiger partial charge in [0.2, 0.25) is 0 Å². The third-order valence-electron chi connectivity index (χ3n) is 3.40. The fraction of sp³-hybridized carbons (Fsp3) is 0.200. The molecular formula is C15H13F3N2. The van der Waals surface area contributed by atoms with E-state index >= 15 is 0 Å². The maximum absolute atomic E-state index is 13.7. The van der Waals surface area contributed by atoms with E-state index in [9.17, 15) is 13.2 Å². The lowest BCUT2D eigenvalue weighted by molar-refractivity contribution is 0.508. The van der Waals surface area contributed by atoms with E-state index in [1.807, 2.05) is 4.90 Å². The molecule has 0 fully saturated rings. The van der Waals surface area contributed by atoms with Crippen LogP contribution in [0.3, 0.4) is 0 Å². The van der Waals surface area contributed by atoms with E-state index < -0.39 is 11.6 Å². The molecular weight excluding hydrogens is 265 g/mol. The second-order valence-electron chi connectivity index (χ2n) is 4.72. The minimum Gasteiger partial charge on any atom is -0.382 e. The van der Waals surface area contributed by atoms with Crippen LogP contribution in [-0.4, -0.2) is 13.1 Å². The van der Waals surface area contributed by atoms with Gasteiger partial charge >= 0.3 is 0 Å². The van der Waals surface area contributed by atoms with Crippen LogP contribution in [-0.2, 0) is 6.54 Å². The Labute approximate surface area is 114 Å². The highest BCUT2D eigenvalue weighted by Gasteiger charge is 2.20. The second-order valence-corrected chi connectivity index (χ2v) is 4.72. The summed E-state index contributed by atoms with van der Waals surface area (Å²) >= 11 is 0. The Kier molecular flexibility index (Phi) is 3.26. The summed E-state index contributed by atoms with van der Waals surface area (Å²) in [5.74, 6) is -2.08. The van der Waals surface area contributed by atoms with Gasteiger partial charge in [-0.3, -0.25) is 0 Å². The summed E-state index contributed by atoms with van der Waals surface area (Å²) < 4.78 is 40.3. The number of benzene rings is 2. The number of rotatable bonds is 2. The first kappa shape index (κ1) is 12.8. The predicted octanol–water partition coefficient (Wildman–Crippen LogP) is 3.54. The van der Waals surface area contributed by atoms with Crippen LogP contribution in [0.15, 0.2) is 36.4 Å². The molecule has 3 rings (SSSR count). The van der Waals surface area contributed by atoms with E-state index in [-0.39, 0.29) is 5.82 Å². The topological polar surface area (TPSA) is 15.3 Å². The van der Waals surface area contributed by atoms with Gasteiger partial charge in [0.15, 0.2) is 11.6 Å². The molecule has 1 aliphatic heterocycles. The van der Waals surface area contributed by atoms with Gasteiger partial charge in [-0.25, -0.2) is 13.2 Å². The molecule has 0 saturated heterocycles. The van der Waals surface area contributed by atoms with Gasteiger partial charge in [-0.05, 0) is 6.07 Å². The number of halogens is 3. The number of nitrogens with zero attached hydrogens (tertiary/aromatic N) is 1. The summed E-state index contributed by atoms with van der Waals surface area (Å²) in [6.45, 7) is 1.53. The SMILES string of the molecule is Fc1cc2c(cc1F)N(Cc1ccccc1F)CCN2. The molecule has 2 aromatic rings. The van der Waals surface area contributed by atoms with Crippen molar-refractivity contribution in [3.8, 4) is 0 Å². The van der Waals surface area contributed by atoms with Crippen molar-refractivity contribution in [2.75, 3.05) is 23.3 Å². The van der Waals surface area contributed by atoms with E-state index in [0.717, 1.165) is 12.1 Å². The quantitative estimate of drug-likeness (QED) is 0.904. The summed E-state index contributed by atoms with van der Waals surface area (Å²) in [4.78, 5) is 1.84. The summed E-state index contributed by atoms with van der Waals surface area (Å²) in [5, 5.41) is 3.02. The van der Waals surface area contributed by atoms with Crippen LogP contribution < -0.4 is 10.2 Å². The molecule has 1 N–H and O–H groups in total. The Hall–Kier alpha value is -2.17. The average Bonchev–Trinajstić information content (AvgIpc) is 2.43. The van der Waals surface area contributed by atoms with Crippen molar-refractivity contribution in [2.45, 2.75) is 6.54 Å². The third-order valence-corrected chi connectivity index (χ3v) is 3.40. The van der Waals surface area contributed by atoms with Crippen LogP contribution in [0.2, 0.25) is 0 Å². The zero-order valence-corrected chi connectivity index (χ0v) is 10.7. The lowest BCUT2D eigenvalue weighted by Crippen LogP contribution is -2.34. The van der Waals surface area contributed by atoms with Crippen LogP contribution >= 0.6 is 0 Å². The van der Waals surface area contributed by atoms with Crippen LogP contribution in [0.1, 0.15) is 5.56 Å². The Balaban J connectivity index is 1.94. The number of nitrogens with one attached hydrogen (secondary N) is 1. The molecule has 0 amide bonds. The van der Waals surface area contributed by atoms with E-state index in [4.69, 9.17) is 0 Å². The van der Waals surface area contributed by atoms with Gasteiger partial charge < -0.3 is 10.2 Å². The normalized spacial score (nSPS) is 13.8. The first-order valence-electron chi connectivity index (χ1n) is 6.36. The summed E-state index contributed by atoms with van der Waals surface area (Å²) in [7, 11) is 0. The monoisotopic (exact) mass is 278 g/mol. The molecule has 0 aromatic heterocycles. The first-order valence-corrected chi connectivity index (χ1v) is 6.36. The van der Waals surface area contributed by atoms with Gasteiger partial charge in [0.05, 0.1) is 11.4 Å². The average molecular weight is 278 g/mol. The third kappa shape index (κ3) is 2.31. The lowest BCUT2D eigenvalue weighted by Gasteiger charge is -2.32. The standard InChI is InChI=1S/C15H13F3N2/c16-11-4-2-1-3-10(11)9-20-6-5-19-14-7-12(17)13(18)8-15(14)20/h1-4,7-8,19H,5-6,9H2. The fourth-order valence-electron chi connectivity index (χ4n) is 2.38. The van der Waals surface area contributed by atoms with Crippen molar-refractivity contribution in [1.82, 2.24) is 0 Å². The highest BCUT2D eigenvalue weighted by Crippen LogP contribution is 2.32. The summed E-state index contributed by atoms with van der Waals surface area (Å²) in [6.07, 6.45) is 0. The van der Waals surface area contributed by atoms with E-state index in [1.165, 1.54) is 6.07 Å². The molecule has 20 heavy (non-hydrogen) atoms. The molecule has 0 saturated carbocycles. The molecule has 0 unspecified atom stereocenters. The van der Waals surface area contributed by atoms with Gasteiger partial charge in [-0.15, -0.1) is 0 Å². The number of hydrogen-bond acceptors (Lipinski definition) is 2. The Morgan fingerprint density at radius 2 is 1.75 bits per heavy atom. The van der Waals surface area contributed by atoms with Crippen molar-refractivity contribution in [1.29, 1.82) is 0 Å². The van der Waals surface area contributed by atoms with Crippen molar-refractivity contribution < 1.29 is 13.2 Å². The molecule has 1 heterocycles. The van der Waals surface area contributed by atoms with E-state index in [1.54, 1.807) is 18.2 Å². The molecule has 0 aliphatic carbocycles. The van der Waals surface area contributed by atoms with Crippen LogP contribution in [0.5, 0.6) is 0 Å². The van der Waals surface area contributed by atoms with Gasteiger partial charge in [-0.2, -0.15) is 0 Å². The van der Waals surface area contributed by atoms with Gasteiger partial charge in [0, 0.05) is 37.3 Å². The Bertz CT molecular complexity index is 643. The second kappa shape index (κ2) is 5.07. The van der Waals surface area contributed by atoms with Gasteiger partial charge in [-0.1, -0.05) is 18.2 Å². The van der Waals surface area contributed by atoms with E-state index in [0.29, 0.717) is 36.6 Å². The molecule has 0 spiro atoms. The molecule has 5 heteroatoms. The zero-order chi connectivity index (χ0) is 14.1. The highest BCUT2D eigenvalue weighted by atomic mass is 19.2. The molecule has 2 aromatic carbocycles. The molecule has 1 aliphatic rings. The van der Waals surface area contributed by atoms with Gasteiger partial charge in [0.1, 0.15) is 5.82 Å². The minimum atomic E-state index is -0.897. The Morgan fingerprint density at radius 3 is 2.55 bits per heavy atom. The maximum atomic E-state index is 13.7. The van der Waals surface area contributed by atoms with Crippen LogP contribution in [0.4, 0.5) is 24.5 Å². The van der Waals surface area contributed by atoms with E-state index in [2.05, 4.69) is 5.32 Å². The number of anilines is 2. The zero-order valence-electron chi connectivity index (χ0n) is 10.7. The highest BCUT2D eigenvalue weighted by molar-refractivity contribution is 5.72.